The molecule has 15 heavy (non-hydrogen) atoms. The minimum absolute atomic E-state index is 0.187. The SMILES string of the molecule is N=C(N)NC(=S)Nc1cc(Cl)ccc1Cl. The lowest BCUT2D eigenvalue weighted by Crippen LogP contribution is -2.38. The molecule has 0 amide bonds. The molecule has 1 rings (SSSR count). The van der Waals surface area contributed by atoms with Gasteiger partial charge in [0.2, 0.25) is 0 Å². The first kappa shape index (κ1) is 12.0. The lowest BCUT2D eigenvalue weighted by atomic mass is 10.3. The quantitative estimate of drug-likeness (QED) is 0.356. The van der Waals surface area contributed by atoms with Crippen LogP contribution in [-0.4, -0.2) is 11.1 Å². The van der Waals surface area contributed by atoms with Gasteiger partial charge in [0.1, 0.15) is 0 Å². The van der Waals surface area contributed by atoms with Crippen LogP contribution in [0, 0.1) is 5.41 Å². The van der Waals surface area contributed by atoms with Crippen molar-refractivity contribution in [2.24, 2.45) is 5.73 Å². The van der Waals surface area contributed by atoms with Crippen LogP contribution >= 0.6 is 35.4 Å². The summed E-state index contributed by atoms with van der Waals surface area (Å²) in [6.07, 6.45) is 0. The first-order chi connectivity index (χ1) is 6.99. The summed E-state index contributed by atoms with van der Waals surface area (Å²) in [5.41, 5.74) is 5.66. The van der Waals surface area contributed by atoms with Gasteiger partial charge in [-0.05, 0) is 30.4 Å². The molecule has 0 unspecified atom stereocenters. The van der Waals surface area contributed by atoms with Gasteiger partial charge in [-0.2, -0.15) is 0 Å². The minimum atomic E-state index is -0.245. The molecule has 1 aromatic carbocycles. The molecular formula is C8H8Cl2N4S. The van der Waals surface area contributed by atoms with E-state index in [-0.39, 0.29) is 11.1 Å². The predicted molar refractivity (Wildman–Crippen MR) is 67.7 cm³/mol. The van der Waals surface area contributed by atoms with Crippen molar-refractivity contribution in [2.75, 3.05) is 5.32 Å². The molecule has 0 aromatic heterocycles. The van der Waals surface area contributed by atoms with Gasteiger partial charge >= 0.3 is 0 Å². The van der Waals surface area contributed by atoms with E-state index in [9.17, 15) is 0 Å². The van der Waals surface area contributed by atoms with Gasteiger partial charge in [-0.1, -0.05) is 23.2 Å². The Morgan fingerprint density at radius 3 is 2.67 bits per heavy atom. The third kappa shape index (κ3) is 3.91. The van der Waals surface area contributed by atoms with E-state index in [1.54, 1.807) is 18.2 Å². The normalized spacial score (nSPS) is 9.47. The molecule has 0 fully saturated rings. The zero-order valence-electron chi connectivity index (χ0n) is 7.47. The second-order valence-corrected chi connectivity index (χ2v) is 3.87. The summed E-state index contributed by atoms with van der Waals surface area (Å²) in [4.78, 5) is 0. The van der Waals surface area contributed by atoms with Crippen LogP contribution in [-0.2, 0) is 0 Å². The maximum Gasteiger partial charge on any atom is 0.192 e. The van der Waals surface area contributed by atoms with Gasteiger partial charge in [-0.3, -0.25) is 5.41 Å². The number of anilines is 1. The van der Waals surface area contributed by atoms with Crippen LogP contribution in [0.15, 0.2) is 18.2 Å². The third-order valence-corrected chi connectivity index (χ3v) is 2.19. The van der Waals surface area contributed by atoms with Crippen molar-refractivity contribution in [1.82, 2.24) is 5.32 Å². The fourth-order valence-corrected chi connectivity index (χ4v) is 1.43. The number of hydrogen-bond acceptors (Lipinski definition) is 2. The standard InChI is InChI=1S/C8H8Cl2N4S/c9-4-1-2-5(10)6(3-4)13-8(15)14-7(11)12/h1-3H,(H5,11,12,13,14,15). The Balaban J connectivity index is 2.76. The maximum absolute atomic E-state index is 6.97. The Hall–Kier alpha value is -1.04. The topological polar surface area (TPSA) is 73.9 Å². The summed E-state index contributed by atoms with van der Waals surface area (Å²) in [5, 5.41) is 13.3. The summed E-state index contributed by atoms with van der Waals surface area (Å²) in [7, 11) is 0. The first-order valence-corrected chi connectivity index (χ1v) is 5.02. The molecule has 0 bridgehead atoms. The summed E-state index contributed by atoms with van der Waals surface area (Å²) < 4.78 is 0. The van der Waals surface area contributed by atoms with E-state index in [2.05, 4.69) is 10.6 Å². The molecular weight excluding hydrogens is 255 g/mol. The largest absolute Gasteiger partial charge is 0.370 e. The van der Waals surface area contributed by atoms with Crippen molar-refractivity contribution in [2.45, 2.75) is 0 Å². The van der Waals surface area contributed by atoms with Crippen molar-refractivity contribution in [3.05, 3.63) is 28.2 Å². The first-order valence-electron chi connectivity index (χ1n) is 3.86. The van der Waals surface area contributed by atoms with Gasteiger partial charge in [-0.25, -0.2) is 0 Å². The maximum atomic E-state index is 6.97. The zero-order valence-corrected chi connectivity index (χ0v) is 9.80. The molecule has 0 saturated heterocycles. The van der Waals surface area contributed by atoms with Crippen LogP contribution in [0.25, 0.3) is 0 Å². The number of nitrogens with one attached hydrogen (secondary N) is 3. The molecule has 0 aliphatic carbocycles. The molecule has 80 valence electrons. The molecule has 1 aromatic rings. The molecule has 0 radical (unpaired) electrons. The Labute approximate surface area is 102 Å². The van der Waals surface area contributed by atoms with E-state index in [0.29, 0.717) is 15.7 Å². The highest BCUT2D eigenvalue weighted by atomic mass is 35.5. The Bertz CT molecular complexity index is 408. The lowest BCUT2D eigenvalue weighted by Gasteiger charge is -2.10. The predicted octanol–water partition coefficient (Wildman–Crippen LogP) is 2.17. The van der Waals surface area contributed by atoms with Crippen LogP contribution in [0.3, 0.4) is 0 Å². The molecule has 0 heterocycles. The number of halogens is 2. The highest BCUT2D eigenvalue weighted by molar-refractivity contribution is 7.80. The second-order valence-electron chi connectivity index (χ2n) is 2.62. The minimum Gasteiger partial charge on any atom is -0.370 e. The molecule has 0 spiro atoms. The molecule has 0 saturated carbocycles. The summed E-state index contributed by atoms with van der Waals surface area (Å²) in [5.74, 6) is -0.245. The van der Waals surface area contributed by atoms with Crippen LogP contribution < -0.4 is 16.4 Å². The molecule has 0 aliphatic heterocycles. The fourth-order valence-electron chi connectivity index (χ4n) is 0.869. The fraction of sp³-hybridized carbons (Fsp3) is 0. The number of guanidine groups is 1. The van der Waals surface area contributed by atoms with E-state index < -0.39 is 0 Å². The summed E-state index contributed by atoms with van der Waals surface area (Å²) in [6, 6.07) is 4.93. The third-order valence-electron chi connectivity index (χ3n) is 1.42. The highest BCUT2D eigenvalue weighted by Crippen LogP contribution is 2.25. The van der Waals surface area contributed by atoms with Gasteiger partial charge in [-0.15, -0.1) is 0 Å². The molecule has 5 N–H and O–H groups in total. The molecule has 4 nitrogen and oxygen atoms in total. The molecule has 0 atom stereocenters. The van der Waals surface area contributed by atoms with E-state index >= 15 is 0 Å². The van der Waals surface area contributed by atoms with E-state index in [1.165, 1.54) is 0 Å². The van der Waals surface area contributed by atoms with E-state index in [4.69, 9.17) is 46.6 Å². The highest BCUT2D eigenvalue weighted by Gasteiger charge is 2.03. The van der Waals surface area contributed by atoms with Crippen LogP contribution in [0.1, 0.15) is 0 Å². The van der Waals surface area contributed by atoms with Gasteiger partial charge < -0.3 is 16.4 Å². The van der Waals surface area contributed by atoms with Gasteiger partial charge in [0.25, 0.3) is 0 Å². The van der Waals surface area contributed by atoms with Crippen molar-refractivity contribution in [3.63, 3.8) is 0 Å². The molecule has 7 heteroatoms. The summed E-state index contributed by atoms with van der Waals surface area (Å²) >= 11 is 16.5. The second kappa shape index (κ2) is 5.16. The van der Waals surface area contributed by atoms with E-state index in [1.807, 2.05) is 0 Å². The van der Waals surface area contributed by atoms with Crippen LogP contribution in [0.5, 0.6) is 0 Å². The smallest absolute Gasteiger partial charge is 0.192 e. The number of rotatable bonds is 1. The number of thiocarbonyl (C=S) groups is 1. The number of hydrogen-bond donors (Lipinski definition) is 4. The number of nitrogens with two attached hydrogens (primary N) is 1. The van der Waals surface area contributed by atoms with Crippen molar-refractivity contribution >= 4 is 52.2 Å². The van der Waals surface area contributed by atoms with Crippen LogP contribution in [0.4, 0.5) is 5.69 Å². The number of benzene rings is 1. The summed E-state index contributed by atoms with van der Waals surface area (Å²) in [6.45, 7) is 0. The van der Waals surface area contributed by atoms with Crippen molar-refractivity contribution in [1.29, 1.82) is 5.41 Å². The Kier molecular flexibility index (Phi) is 4.14. The van der Waals surface area contributed by atoms with Gasteiger partial charge in [0.15, 0.2) is 11.1 Å². The van der Waals surface area contributed by atoms with Crippen molar-refractivity contribution in [3.8, 4) is 0 Å². The molecule has 0 aliphatic rings. The van der Waals surface area contributed by atoms with Gasteiger partial charge in [0.05, 0.1) is 10.7 Å². The van der Waals surface area contributed by atoms with Gasteiger partial charge in [0, 0.05) is 5.02 Å². The van der Waals surface area contributed by atoms with Crippen molar-refractivity contribution < 1.29 is 0 Å². The van der Waals surface area contributed by atoms with Crippen LogP contribution in [0.2, 0.25) is 10.0 Å². The Morgan fingerprint density at radius 2 is 2.07 bits per heavy atom. The van der Waals surface area contributed by atoms with E-state index in [0.717, 1.165) is 0 Å². The average Bonchev–Trinajstić information content (AvgIpc) is 2.10. The lowest BCUT2D eigenvalue weighted by molar-refractivity contribution is 1.26. The zero-order chi connectivity index (χ0) is 11.4. The monoisotopic (exact) mass is 262 g/mol. The average molecular weight is 263 g/mol. The Morgan fingerprint density at radius 1 is 1.40 bits per heavy atom.